The van der Waals surface area contributed by atoms with Crippen molar-refractivity contribution in [3.05, 3.63) is 42.5 Å². The zero-order chi connectivity index (χ0) is 40.4. The quantitative estimate of drug-likeness (QED) is 0.255. The molecule has 6 rings (SSSR count). The number of aromatic nitrogens is 4. The normalized spacial score (nSPS) is 38.8. The lowest BCUT2D eigenvalue weighted by molar-refractivity contribution is -0.194. The number of nitrogens with zero attached hydrogens (tertiary/aromatic N) is 4. The molecule has 0 radical (unpaired) electrons. The largest absolute Gasteiger partial charge is 0.481 e. The standard InChI is InChI=1S/C46H73N5O4/c1-29(2)31(4)42(8)21-22-44(10)35-15-13-34-14-16-36(51-39(49-28-50-51)32-18-23-48-24-19-32)38(55-27-46(12,47)41(5,6)7)43(34,9)26-54-30(3)25-33(35)17-20-45(44,11)37(42)40(52)53/h17-19,23-24,28-31,34-38H,13-16,20-22,25-27,47H2,1-12H3,(H,52,53)/t30-,31+,34+,35-,36+,37+,38-,42+,43-,44+,45-,46?/m0/s1. The summed E-state index contributed by atoms with van der Waals surface area (Å²) in [7, 11) is 0. The van der Waals surface area contributed by atoms with Crippen molar-refractivity contribution in [3.63, 3.8) is 0 Å². The minimum Gasteiger partial charge on any atom is -0.481 e. The lowest BCUT2D eigenvalue weighted by Gasteiger charge is -2.66. The molecular weight excluding hydrogens is 687 g/mol. The average molecular weight is 760 g/mol. The fourth-order valence-electron chi connectivity index (χ4n) is 11.9. The zero-order valence-electron chi connectivity index (χ0n) is 36.2. The minimum atomic E-state index is -0.621. The maximum absolute atomic E-state index is 13.6. The van der Waals surface area contributed by atoms with Gasteiger partial charge in [-0.15, -0.1) is 0 Å². The average Bonchev–Trinajstić information content (AvgIpc) is 3.60. The van der Waals surface area contributed by atoms with Crippen molar-refractivity contribution in [1.82, 2.24) is 19.7 Å². The van der Waals surface area contributed by atoms with Gasteiger partial charge in [-0.25, -0.2) is 9.67 Å². The SMILES string of the molecule is CC(C)[C@@H](C)[C@@]1(C)CC[C@]2(C)[C@H]3CC[C@@H]4CC[C@@H](n5ncnc5-c5ccncc5)[C@H](OCC(C)(N)C(C)(C)C)[C@@]4(C)CO[C@@H](C)CC3=CC[C@@]2(C)[C@@H]1C(=O)O. The molecule has 1 saturated heterocycles. The molecule has 3 heterocycles. The van der Waals surface area contributed by atoms with Gasteiger partial charge in [-0.2, -0.15) is 5.10 Å². The van der Waals surface area contributed by atoms with Gasteiger partial charge in [-0.05, 0) is 123 Å². The molecule has 9 nitrogen and oxygen atoms in total. The highest BCUT2D eigenvalue weighted by atomic mass is 16.5. The van der Waals surface area contributed by atoms with Crippen LogP contribution in [0, 0.1) is 56.7 Å². The van der Waals surface area contributed by atoms with E-state index >= 15 is 0 Å². The highest BCUT2D eigenvalue weighted by Crippen LogP contribution is 2.70. The third-order valence-electron chi connectivity index (χ3n) is 16.9. The van der Waals surface area contributed by atoms with Gasteiger partial charge in [0.2, 0.25) is 0 Å². The Hall–Kier alpha value is -2.62. The number of allylic oxidation sites excluding steroid dienone is 1. The first kappa shape index (κ1) is 42.0. The molecule has 0 bridgehead atoms. The van der Waals surface area contributed by atoms with Crippen LogP contribution in [-0.4, -0.2) is 61.8 Å². The Morgan fingerprint density at radius 2 is 1.71 bits per heavy atom. The Labute approximate surface area is 332 Å². The molecule has 9 heteroatoms. The summed E-state index contributed by atoms with van der Waals surface area (Å²) < 4.78 is 16.3. The monoisotopic (exact) mass is 760 g/mol. The highest BCUT2D eigenvalue weighted by molar-refractivity contribution is 5.73. The Balaban J connectivity index is 1.38. The Bertz CT molecular complexity index is 1700. The maximum Gasteiger partial charge on any atom is 0.307 e. The van der Waals surface area contributed by atoms with Crippen LogP contribution >= 0.6 is 0 Å². The summed E-state index contributed by atoms with van der Waals surface area (Å²) in [6.07, 6.45) is 15.1. The van der Waals surface area contributed by atoms with E-state index in [1.807, 2.05) is 12.1 Å². The first-order valence-corrected chi connectivity index (χ1v) is 21.3. The summed E-state index contributed by atoms with van der Waals surface area (Å²) in [6, 6.07) is 3.92. The summed E-state index contributed by atoms with van der Waals surface area (Å²) in [5, 5.41) is 16.0. The molecule has 3 N–H and O–H groups in total. The molecule has 0 aromatic carbocycles. The van der Waals surface area contributed by atoms with Gasteiger partial charge >= 0.3 is 5.97 Å². The molecule has 0 amide bonds. The molecule has 12 atom stereocenters. The second kappa shape index (κ2) is 15.0. The number of pyridine rings is 1. The van der Waals surface area contributed by atoms with Crippen molar-refractivity contribution < 1.29 is 19.4 Å². The molecule has 55 heavy (non-hydrogen) atoms. The number of nitrogens with two attached hydrogens (primary N) is 1. The summed E-state index contributed by atoms with van der Waals surface area (Å²) in [5.74, 6) is 1.13. The first-order chi connectivity index (χ1) is 25.6. The van der Waals surface area contributed by atoms with E-state index in [0.29, 0.717) is 36.9 Å². The van der Waals surface area contributed by atoms with Crippen LogP contribution in [0.5, 0.6) is 0 Å². The number of hydrogen-bond acceptors (Lipinski definition) is 7. The van der Waals surface area contributed by atoms with E-state index in [2.05, 4.69) is 98.8 Å². The van der Waals surface area contributed by atoms with Crippen molar-refractivity contribution in [2.24, 2.45) is 62.4 Å². The predicted molar refractivity (Wildman–Crippen MR) is 219 cm³/mol. The molecule has 2 aromatic rings. The second-order valence-electron chi connectivity index (χ2n) is 21.1. The Morgan fingerprint density at radius 1 is 1.04 bits per heavy atom. The highest BCUT2D eigenvalue weighted by Gasteiger charge is 2.66. The van der Waals surface area contributed by atoms with Crippen molar-refractivity contribution >= 4 is 5.97 Å². The first-order valence-electron chi connectivity index (χ1n) is 21.3. The van der Waals surface area contributed by atoms with E-state index in [1.54, 1.807) is 18.7 Å². The van der Waals surface area contributed by atoms with Crippen LogP contribution in [0.25, 0.3) is 11.4 Å². The van der Waals surface area contributed by atoms with Gasteiger partial charge in [-0.3, -0.25) is 9.78 Å². The Kier molecular flexibility index (Phi) is 11.4. The maximum atomic E-state index is 13.6. The van der Waals surface area contributed by atoms with Crippen LogP contribution in [0.2, 0.25) is 0 Å². The number of ether oxygens (including phenoxy) is 2. The molecule has 2 aromatic heterocycles. The number of carbonyl (C=O) groups is 1. The molecular formula is C46H73N5O4. The van der Waals surface area contributed by atoms with Crippen LogP contribution in [0.15, 0.2) is 42.5 Å². The molecule has 4 aliphatic rings. The van der Waals surface area contributed by atoms with E-state index in [1.165, 1.54) is 5.57 Å². The van der Waals surface area contributed by atoms with Gasteiger partial charge in [0.1, 0.15) is 6.33 Å². The van der Waals surface area contributed by atoms with Crippen LogP contribution in [0.1, 0.15) is 140 Å². The predicted octanol–water partition coefficient (Wildman–Crippen LogP) is 9.79. The molecule has 3 aliphatic carbocycles. The van der Waals surface area contributed by atoms with Gasteiger partial charge in [0.25, 0.3) is 0 Å². The zero-order valence-corrected chi connectivity index (χ0v) is 36.2. The number of rotatable bonds is 8. The van der Waals surface area contributed by atoms with Crippen molar-refractivity contribution in [3.8, 4) is 11.4 Å². The van der Waals surface area contributed by atoms with E-state index in [0.717, 1.165) is 62.8 Å². The van der Waals surface area contributed by atoms with E-state index < -0.39 is 17.4 Å². The lowest BCUT2D eigenvalue weighted by Crippen LogP contribution is -2.62. The van der Waals surface area contributed by atoms with Gasteiger partial charge in [0.05, 0.1) is 37.4 Å². The third-order valence-corrected chi connectivity index (χ3v) is 16.9. The van der Waals surface area contributed by atoms with E-state index in [-0.39, 0.29) is 45.3 Å². The molecule has 306 valence electrons. The number of hydrogen-bond donors (Lipinski definition) is 2. The van der Waals surface area contributed by atoms with Crippen LogP contribution in [-0.2, 0) is 14.3 Å². The summed E-state index contributed by atoms with van der Waals surface area (Å²) in [4.78, 5) is 22.6. The van der Waals surface area contributed by atoms with Gasteiger partial charge < -0.3 is 20.3 Å². The third kappa shape index (κ3) is 7.15. The lowest BCUT2D eigenvalue weighted by atomic mass is 9.38. The van der Waals surface area contributed by atoms with Crippen LogP contribution in [0.4, 0.5) is 0 Å². The van der Waals surface area contributed by atoms with Gasteiger partial charge in [0.15, 0.2) is 5.82 Å². The van der Waals surface area contributed by atoms with Crippen molar-refractivity contribution in [2.45, 2.75) is 158 Å². The molecule has 2 saturated carbocycles. The van der Waals surface area contributed by atoms with Crippen LogP contribution in [0.3, 0.4) is 0 Å². The number of fused-ring (bicyclic) bond motifs is 4. The summed E-state index contributed by atoms with van der Waals surface area (Å²) >= 11 is 0. The van der Waals surface area contributed by atoms with Crippen molar-refractivity contribution in [2.75, 3.05) is 13.2 Å². The summed E-state index contributed by atoms with van der Waals surface area (Å²) in [5.41, 5.74) is 7.64. The Morgan fingerprint density at radius 3 is 2.35 bits per heavy atom. The molecule has 0 spiro atoms. The number of aliphatic carboxylic acids is 1. The van der Waals surface area contributed by atoms with Gasteiger partial charge in [0, 0.05) is 28.9 Å². The number of carboxylic acids is 1. The van der Waals surface area contributed by atoms with E-state index in [4.69, 9.17) is 25.3 Å². The molecule has 3 fully saturated rings. The minimum absolute atomic E-state index is 0.0106. The van der Waals surface area contributed by atoms with E-state index in [9.17, 15) is 9.90 Å². The van der Waals surface area contributed by atoms with Crippen LogP contribution < -0.4 is 5.73 Å². The van der Waals surface area contributed by atoms with Crippen molar-refractivity contribution in [1.29, 1.82) is 0 Å². The molecule has 1 unspecified atom stereocenters. The van der Waals surface area contributed by atoms with Gasteiger partial charge in [-0.1, -0.05) is 80.9 Å². The fraction of sp³-hybridized carbons (Fsp3) is 0.783. The topological polar surface area (TPSA) is 125 Å². The second-order valence-corrected chi connectivity index (χ2v) is 21.1. The molecule has 1 aliphatic heterocycles. The summed E-state index contributed by atoms with van der Waals surface area (Å²) in [6.45, 7) is 28.1. The smallest absolute Gasteiger partial charge is 0.307 e. The number of carboxylic acid groups (broad SMARTS) is 1. The fourth-order valence-corrected chi connectivity index (χ4v) is 11.9.